The average molecular weight is 540 g/mol. The Morgan fingerprint density at radius 3 is 2.34 bits per heavy atom. The minimum atomic E-state index is 0.0636. The molecule has 2 unspecified atom stereocenters. The van der Waals surface area contributed by atoms with Crippen LogP contribution >= 0.6 is 22.6 Å². The third-order valence-electron chi connectivity index (χ3n) is 6.83. The molecule has 5 heteroatoms. The van der Waals surface area contributed by atoms with Crippen LogP contribution in [0.15, 0.2) is 60.7 Å². The van der Waals surface area contributed by atoms with Crippen LogP contribution in [0.2, 0.25) is 0 Å². The first-order valence-electron chi connectivity index (χ1n) is 11.5. The largest absolute Gasteiger partial charge is 0.399 e. The summed E-state index contributed by atoms with van der Waals surface area (Å²) >= 11 is 2.41. The van der Waals surface area contributed by atoms with Crippen molar-refractivity contribution in [2.45, 2.75) is 45.2 Å². The lowest BCUT2D eigenvalue weighted by molar-refractivity contribution is 0.376. The van der Waals surface area contributed by atoms with E-state index in [2.05, 4.69) is 95.9 Å². The van der Waals surface area contributed by atoms with Gasteiger partial charge in [0.05, 0.1) is 6.04 Å². The van der Waals surface area contributed by atoms with Crippen molar-refractivity contribution in [3.8, 4) is 11.1 Å². The van der Waals surface area contributed by atoms with E-state index in [-0.39, 0.29) is 12.1 Å². The lowest BCUT2D eigenvalue weighted by Crippen LogP contribution is -2.39. The van der Waals surface area contributed by atoms with Crippen molar-refractivity contribution >= 4 is 39.7 Å². The van der Waals surface area contributed by atoms with Gasteiger partial charge in [0.15, 0.2) is 0 Å². The van der Waals surface area contributed by atoms with E-state index in [1.807, 2.05) is 6.07 Å². The molecule has 0 aromatic heterocycles. The van der Waals surface area contributed by atoms with E-state index in [9.17, 15) is 0 Å². The fraction of sp³-hybridized carbons (Fsp3) is 0.333. The van der Waals surface area contributed by atoms with Gasteiger partial charge in [0, 0.05) is 38.8 Å². The molecular weight excluding hydrogens is 507 g/mol. The second-order valence-electron chi connectivity index (χ2n) is 8.78. The first kappa shape index (κ1) is 22.9. The molecule has 0 amide bonds. The minimum absolute atomic E-state index is 0.0636. The SMILES string of the molecule is CCC(CC)C(N)CCN1c2cc(N)cc(I)c2-c2ccc(N)cc2C1c1ccccc1. The van der Waals surface area contributed by atoms with Crippen molar-refractivity contribution in [3.63, 3.8) is 0 Å². The number of fused-ring (bicyclic) bond motifs is 3. The minimum Gasteiger partial charge on any atom is -0.399 e. The van der Waals surface area contributed by atoms with Gasteiger partial charge in [-0.15, -0.1) is 0 Å². The number of nitrogen functional groups attached to an aromatic ring is 2. The van der Waals surface area contributed by atoms with Crippen LogP contribution in [0.3, 0.4) is 0 Å². The van der Waals surface area contributed by atoms with Crippen LogP contribution < -0.4 is 22.1 Å². The molecule has 3 aromatic rings. The Bertz CT molecular complexity index is 1080. The molecule has 6 N–H and O–H groups in total. The van der Waals surface area contributed by atoms with Crippen LogP contribution in [0.5, 0.6) is 0 Å². The van der Waals surface area contributed by atoms with E-state index in [4.69, 9.17) is 17.2 Å². The van der Waals surface area contributed by atoms with Crippen LogP contribution in [0.25, 0.3) is 11.1 Å². The van der Waals surface area contributed by atoms with Crippen molar-refractivity contribution in [2.75, 3.05) is 22.9 Å². The fourth-order valence-corrected chi connectivity index (χ4v) is 6.04. The van der Waals surface area contributed by atoms with Gasteiger partial charge < -0.3 is 22.1 Å². The maximum Gasteiger partial charge on any atom is 0.0802 e. The summed E-state index contributed by atoms with van der Waals surface area (Å²) in [6, 6.07) is 21.4. The van der Waals surface area contributed by atoms with Gasteiger partial charge in [0.1, 0.15) is 0 Å². The second kappa shape index (κ2) is 9.71. The molecule has 0 saturated carbocycles. The van der Waals surface area contributed by atoms with Gasteiger partial charge in [0.2, 0.25) is 0 Å². The summed E-state index contributed by atoms with van der Waals surface area (Å²) in [6.07, 6.45) is 3.15. The number of benzene rings is 3. The smallest absolute Gasteiger partial charge is 0.0802 e. The van der Waals surface area contributed by atoms with Crippen LogP contribution in [0.4, 0.5) is 17.1 Å². The monoisotopic (exact) mass is 540 g/mol. The van der Waals surface area contributed by atoms with Gasteiger partial charge in [-0.1, -0.05) is 63.1 Å². The molecular formula is C27H33IN4. The first-order chi connectivity index (χ1) is 15.4. The van der Waals surface area contributed by atoms with E-state index < -0.39 is 0 Å². The van der Waals surface area contributed by atoms with E-state index >= 15 is 0 Å². The summed E-state index contributed by atoms with van der Waals surface area (Å²) in [5, 5.41) is 0. The molecule has 168 valence electrons. The predicted molar refractivity (Wildman–Crippen MR) is 146 cm³/mol. The molecule has 0 spiro atoms. The Balaban J connectivity index is 1.87. The Labute approximate surface area is 205 Å². The van der Waals surface area contributed by atoms with Crippen LogP contribution in [-0.4, -0.2) is 12.6 Å². The molecule has 0 saturated heterocycles. The summed E-state index contributed by atoms with van der Waals surface area (Å²) in [5.74, 6) is 0.540. The third kappa shape index (κ3) is 4.33. The standard InChI is InChI=1S/C27H33IN4/c1-3-17(4-2)24(31)12-13-32-25-16-20(30)15-23(28)26(25)21-11-10-19(29)14-22(21)27(32)18-8-6-5-7-9-18/h5-11,14-17,24,27H,3-4,12-13,29-31H2,1-2H3. The van der Waals surface area contributed by atoms with Gasteiger partial charge in [-0.3, -0.25) is 0 Å². The molecule has 2 atom stereocenters. The molecule has 4 nitrogen and oxygen atoms in total. The van der Waals surface area contributed by atoms with Crippen molar-refractivity contribution in [3.05, 3.63) is 75.4 Å². The summed E-state index contributed by atoms with van der Waals surface area (Å²) in [6.45, 7) is 5.33. The van der Waals surface area contributed by atoms with Gasteiger partial charge in [-0.05, 0) is 75.9 Å². The summed E-state index contributed by atoms with van der Waals surface area (Å²) in [7, 11) is 0. The normalized spacial score (nSPS) is 16.0. The summed E-state index contributed by atoms with van der Waals surface area (Å²) in [5.41, 5.74) is 27.0. The quantitative estimate of drug-likeness (QED) is 0.247. The predicted octanol–water partition coefficient (Wildman–Crippen LogP) is 6.19. The summed E-state index contributed by atoms with van der Waals surface area (Å²) in [4.78, 5) is 2.49. The third-order valence-corrected chi connectivity index (χ3v) is 7.68. The maximum atomic E-state index is 6.67. The van der Waals surface area contributed by atoms with Gasteiger partial charge in [-0.25, -0.2) is 0 Å². The Morgan fingerprint density at radius 1 is 0.938 bits per heavy atom. The molecule has 3 aromatic carbocycles. The van der Waals surface area contributed by atoms with Gasteiger partial charge >= 0.3 is 0 Å². The highest BCUT2D eigenvalue weighted by molar-refractivity contribution is 14.1. The van der Waals surface area contributed by atoms with Crippen molar-refractivity contribution in [1.29, 1.82) is 0 Å². The molecule has 1 heterocycles. The lowest BCUT2D eigenvalue weighted by Gasteiger charge is -2.42. The van der Waals surface area contributed by atoms with Crippen molar-refractivity contribution in [2.24, 2.45) is 11.7 Å². The molecule has 0 fully saturated rings. The van der Waals surface area contributed by atoms with Crippen LogP contribution in [0, 0.1) is 9.49 Å². The molecule has 1 aliphatic heterocycles. The average Bonchev–Trinajstić information content (AvgIpc) is 2.78. The zero-order valence-corrected chi connectivity index (χ0v) is 21.0. The maximum absolute atomic E-state index is 6.67. The number of anilines is 3. The van der Waals surface area contributed by atoms with Crippen LogP contribution in [-0.2, 0) is 0 Å². The number of halogens is 1. The molecule has 1 aliphatic rings. The summed E-state index contributed by atoms with van der Waals surface area (Å²) < 4.78 is 1.16. The molecule has 0 radical (unpaired) electrons. The molecule has 32 heavy (non-hydrogen) atoms. The highest BCUT2D eigenvalue weighted by Gasteiger charge is 2.34. The van der Waals surface area contributed by atoms with E-state index in [1.54, 1.807) is 0 Å². The van der Waals surface area contributed by atoms with E-state index in [0.717, 1.165) is 40.8 Å². The highest BCUT2D eigenvalue weighted by Crippen LogP contribution is 2.50. The first-order valence-corrected chi connectivity index (χ1v) is 12.6. The highest BCUT2D eigenvalue weighted by atomic mass is 127. The van der Waals surface area contributed by atoms with Crippen LogP contribution in [0.1, 0.15) is 50.3 Å². The van der Waals surface area contributed by atoms with E-state index in [0.29, 0.717) is 5.92 Å². The molecule has 4 rings (SSSR count). The topological polar surface area (TPSA) is 81.3 Å². The number of hydrogen-bond donors (Lipinski definition) is 3. The second-order valence-corrected chi connectivity index (χ2v) is 9.94. The van der Waals surface area contributed by atoms with Gasteiger partial charge in [-0.2, -0.15) is 0 Å². The zero-order valence-electron chi connectivity index (χ0n) is 18.9. The number of nitrogens with two attached hydrogens (primary N) is 3. The van der Waals surface area contributed by atoms with Crippen molar-refractivity contribution < 1.29 is 0 Å². The fourth-order valence-electron chi connectivity index (χ4n) is 5.11. The number of hydrogen-bond acceptors (Lipinski definition) is 4. The zero-order chi connectivity index (χ0) is 22.8. The number of nitrogens with zero attached hydrogens (tertiary/aromatic N) is 1. The Kier molecular flexibility index (Phi) is 6.96. The molecule has 0 aliphatic carbocycles. The Hall–Kier alpha value is -2.25. The molecule has 0 bridgehead atoms. The number of rotatable bonds is 7. The van der Waals surface area contributed by atoms with Gasteiger partial charge in [0.25, 0.3) is 0 Å². The van der Waals surface area contributed by atoms with E-state index in [1.165, 1.54) is 27.9 Å². The Morgan fingerprint density at radius 2 is 1.66 bits per heavy atom. The lowest BCUT2D eigenvalue weighted by atomic mass is 9.83. The van der Waals surface area contributed by atoms with Crippen molar-refractivity contribution in [1.82, 2.24) is 0 Å².